The van der Waals surface area contributed by atoms with Crippen molar-refractivity contribution in [2.75, 3.05) is 0 Å². The van der Waals surface area contributed by atoms with Crippen LogP contribution in [0.25, 0.3) is 0 Å². The molecular formula is C9H11NO. The lowest BCUT2D eigenvalue weighted by Gasteiger charge is -2.11. The molecule has 1 aliphatic carbocycles. The normalized spacial score (nSPS) is 17.4. The topological polar surface area (TPSA) is 33.0 Å². The van der Waals surface area contributed by atoms with E-state index in [4.69, 9.17) is 10.00 Å². The van der Waals surface area contributed by atoms with E-state index in [1.807, 2.05) is 19.9 Å². The lowest BCUT2D eigenvalue weighted by Crippen LogP contribution is -1.96. The summed E-state index contributed by atoms with van der Waals surface area (Å²) in [6.07, 6.45) is 5.72. The lowest BCUT2D eigenvalue weighted by molar-refractivity contribution is 0.381. The summed E-state index contributed by atoms with van der Waals surface area (Å²) in [5.74, 6) is 0.733. The molecule has 0 aromatic carbocycles. The van der Waals surface area contributed by atoms with Gasteiger partial charge in [0.1, 0.15) is 5.76 Å². The minimum absolute atomic E-state index is 0.733. The number of rotatable bonds is 1. The van der Waals surface area contributed by atoms with Crippen molar-refractivity contribution in [1.29, 1.82) is 5.26 Å². The first-order valence-corrected chi connectivity index (χ1v) is 3.67. The lowest BCUT2D eigenvalue weighted by atomic mass is 9.99. The van der Waals surface area contributed by atoms with Crippen LogP contribution in [0.5, 0.6) is 0 Å². The van der Waals surface area contributed by atoms with Crippen molar-refractivity contribution in [2.45, 2.75) is 26.7 Å². The van der Waals surface area contributed by atoms with Gasteiger partial charge in [-0.15, -0.1) is 5.26 Å². The van der Waals surface area contributed by atoms with Crippen LogP contribution in [0.1, 0.15) is 26.7 Å². The van der Waals surface area contributed by atoms with E-state index in [2.05, 4.69) is 0 Å². The summed E-state index contributed by atoms with van der Waals surface area (Å²) in [7, 11) is 0. The molecular weight excluding hydrogens is 138 g/mol. The molecule has 0 amide bonds. The van der Waals surface area contributed by atoms with Crippen molar-refractivity contribution in [3.05, 3.63) is 23.0 Å². The van der Waals surface area contributed by atoms with Crippen molar-refractivity contribution in [3.63, 3.8) is 0 Å². The fraction of sp³-hybridized carbons (Fsp3) is 0.444. The molecule has 58 valence electrons. The van der Waals surface area contributed by atoms with Crippen LogP contribution < -0.4 is 0 Å². The fourth-order valence-electron chi connectivity index (χ4n) is 1.09. The van der Waals surface area contributed by atoms with Gasteiger partial charge in [0.15, 0.2) is 0 Å². The highest BCUT2D eigenvalue weighted by atomic mass is 16.5. The number of ether oxygens (including phenoxy) is 1. The average molecular weight is 149 g/mol. The predicted octanol–water partition coefficient (Wildman–Crippen LogP) is 2.50. The van der Waals surface area contributed by atoms with Crippen molar-refractivity contribution in [2.24, 2.45) is 0 Å². The number of hydrogen-bond donors (Lipinski definition) is 0. The molecule has 0 atom stereocenters. The number of nitrogens with zero attached hydrogens (tertiary/aromatic N) is 1. The van der Waals surface area contributed by atoms with Gasteiger partial charge < -0.3 is 4.74 Å². The van der Waals surface area contributed by atoms with Crippen LogP contribution in [0, 0.1) is 11.5 Å². The Morgan fingerprint density at radius 2 is 2.18 bits per heavy atom. The second-order valence-corrected chi connectivity index (χ2v) is 2.83. The van der Waals surface area contributed by atoms with Crippen molar-refractivity contribution >= 4 is 0 Å². The Kier molecular flexibility index (Phi) is 2.32. The van der Waals surface area contributed by atoms with Gasteiger partial charge in [-0.25, -0.2) is 0 Å². The summed E-state index contributed by atoms with van der Waals surface area (Å²) in [5.41, 5.74) is 2.44. The van der Waals surface area contributed by atoms with Crippen molar-refractivity contribution < 1.29 is 4.74 Å². The molecule has 2 nitrogen and oxygen atoms in total. The molecule has 1 aliphatic rings. The maximum atomic E-state index is 8.29. The summed E-state index contributed by atoms with van der Waals surface area (Å²) >= 11 is 0. The second kappa shape index (κ2) is 3.25. The van der Waals surface area contributed by atoms with E-state index in [1.165, 1.54) is 5.57 Å². The highest BCUT2D eigenvalue weighted by molar-refractivity contribution is 5.28. The minimum Gasteiger partial charge on any atom is -0.388 e. The highest BCUT2D eigenvalue weighted by Crippen LogP contribution is 2.23. The van der Waals surface area contributed by atoms with E-state index in [0.717, 1.165) is 24.2 Å². The Balaban J connectivity index is 2.82. The number of nitriles is 1. The first-order valence-electron chi connectivity index (χ1n) is 3.67. The van der Waals surface area contributed by atoms with E-state index in [0.29, 0.717) is 0 Å². The molecule has 0 heterocycles. The molecule has 0 aromatic rings. The molecule has 0 N–H and O–H groups in total. The number of hydrogen-bond acceptors (Lipinski definition) is 2. The maximum absolute atomic E-state index is 8.29. The van der Waals surface area contributed by atoms with Crippen LogP contribution in [0.3, 0.4) is 0 Å². The summed E-state index contributed by atoms with van der Waals surface area (Å²) in [6.45, 7) is 4.04. The Morgan fingerprint density at radius 1 is 1.45 bits per heavy atom. The zero-order valence-electron chi connectivity index (χ0n) is 6.85. The number of allylic oxidation sites excluding steroid dienone is 3. The van der Waals surface area contributed by atoms with Crippen molar-refractivity contribution in [1.82, 2.24) is 0 Å². The smallest absolute Gasteiger partial charge is 0.292 e. The molecule has 0 unspecified atom stereocenters. The first kappa shape index (κ1) is 7.87. The Labute approximate surface area is 66.8 Å². The van der Waals surface area contributed by atoms with Gasteiger partial charge in [0, 0.05) is 0 Å². The monoisotopic (exact) mass is 149 g/mol. The molecule has 1 rings (SSSR count). The standard InChI is InChI=1S/C9H11NO/c1-7-3-4-8(2)9(5-7)11-6-10/h5H,3-4H2,1-2H3. The molecule has 0 saturated heterocycles. The molecule has 11 heavy (non-hydrogen) atoms. The molecule has 0 aromatic heterocycles. The molecule has 0 radical (unpaired) electrons. The van der Waals surface area contributed by atoms with Gasteiger partial charge in [-0.2, -0.15) is 0 Å². The van der Waals surface area contributed by atoms with Gasteiger partial charge in [-0.3, -0.25) is 0 Å². The quantitative estimate of drug-likeness (QED) is 0.536. The Hall–Kier alpha value is -1.23. The van der Waals surface area contributed by atoms with Gasteiger partial charge in [-0.05, 0) is 38.3 Å². The van der Waals surface area contributed by atoms with Crippen LogP contribution in [0.15, 0.2) is 23.0 Å². The maximum Gasteiger partial charge on any atom is 0.292 e. The molecule has 0 saturated carbocycles. The van der Waals surface area contributed by atoms with E-state index in [1.54, 1.807) is 6.26 Å². The zero-order chi connectivity index (χ0) is 8.27. The third-order valence-corrected chi connectivity index (χ3v) is 1.85. The summed E-state index contributed by atoms with van der Waals surface area (Å²) in [5, 5.41) is 8.29. The van der Waals surface area contributed by atoms with E-state index in [-0.39, 0.29) is 0 Å². The third-order valence-electron chi connectivity index (χ3n) is 1.85. The van der Waals surface area contributed by atoms with Crippen LogP contribution in [-0.4, -0.2) is 0 Å². The Morgan fingerprint density at radius 3 is 2.82 bits per heavy atom. The average Bonchev–Trinajstić information content (AvgIpc) is 1.98. The van der Waals surface area contributed by atoms with Gasteiger partial charge >= 0.3 is 0 Å². The molecule has 0 bridgehead atoms. The summed E-state index contributed by atoms with van der Waals surface area (Å²) in [6, 6.07) is 0. The molecule has 2 heteroatoms. The molecule has 0 aliphatic heterocycles. The van der Waals surface area contributed by atoms with Crippen LogP contribution in [0.4, 0.5) is 0 Å². The molecule has 0 fully saturated rings. The summed E-state index contributed by atoms with van der Waals surface area (Å²) < 4.78 is 4.77. The van der Waals surface area contributed by atoms with Gasteiger partial charge in [0.25, 0.3) is 6.26 Å². The van der Waals surface area contributed by atoms with Crippen LogP contribution >= 0.6 is 0 Å². The fourth-order valence-corrected chi connectivity index (χ4v) is 1.09. The van der Waals surface area contributed by atoms with Crippen molar-refractivity contribution in [3.8, 4) is 6.26 Å². The molecule has 0 spiro atoms. The largest absolute Gasteiger partial charge is 0.388 e. The van der Waals surface area contributed by atoms with E-state index in [9.17, 15) is 0 Å². The first-order chi connectivity index (χ1) is 5.24. The van der Waals surface area contributed by atoms with Crippen LogP contribution in [0.2, 0.25) is 0 Å². The predicted molar refractivity (Wildman–Crippen MR) is 42.4 cm³/mol. The van der Waals surface area contributed by atoms with Gasteiger partial charge in [0.05, 0.1) is 0 Å². The zero-order valence-corrected chi connectivity index (χ0v) is 6.85. The highest BCUT2D eigenvalue weighted by Gasteiger charge is 2.08. The second-order valence-electron chi connectivity index (χ2n) is 2.83. The van der Waals surface area contributed by atoms with E-state index < -0.39 is 0 Å². The van der Waals surface area contributed by atoms with Crippen LogP contribution in [-0.2, 0) is 4.74 Å². The van der Waals surface area contributed by atoms with E-state index >= 15 is 0 Å². The van der Waals surface area contributed by atoms with Gasteiger partial charge in [-0.1, -0.05) is 5.57 Å². The SMILES string of the molecule is CC1=CC(OC#N)=C(C)CC1. The minimum atomic E-state index is 0.733. The van der Waals surface area contributed by atoms with Gasteiger partial charge in [0.2, 0.25) is 0 Å². The summed E-state index contributed by atoms with van der Waals surface area (Å²) in [4.78, 5) is 0. The Bertz CT molecular complexity index is 255. The third kappa shape index (κ3) is 1.84.